The topological polar surface area (TPSA) is 86.8 Å². The van der Waals surface area contributed by atoms with Crippen LogP contribution in [0, 0.1) is 13.8 Å². The molecule has 1 atom stereocenters. The van der Waals surface area contributed by atoms with E-state index in [4.69, 9.17) is 0 Å². The average molecular weight is 488 g/mol. The largest absolute Gasteiger partial charge is 0.355 e. The molecule has 0 radical (unpaired) electrons. The third kappa shape index (κ3) is 7.87. The van der Waals surface area contributed by atoms with Crippen LogP contribution in [0.2, 0.25) is 0 Å². The fourth-order valence-corrected chi connectivity index (χ4v) is 4.90. The number of rotatable bonds is 12. The Hall–Kier alpha value is -2.87. The molecular weight excluding hydrogens is 450 g/mol. The summed E-state index contributed by atoms with van der Waals surface area (Å²) in [6, 6.07) is 14.5. The molecule has 0 aliphatic rings. The van der Waals surface area contributed by atoms with E-state index in [9.17, 15) is 18.0 Å². The number of nitrogens with zero attached hydrogens (tertiary/aromatic N) is 2. The van der Waals surface area contributed by atoms with Gasteiger partial charge in [-0.1, -0.05) is 54.4 Å². The Morgan fingerprint density at radius 1 is 1.00 bits per heavy atom. The average Bonchev–Trinajstić information content (AvgIpc) is 2.76. The number of hydrogen-bond acceptors (Lipinski definition) is 4. The Labute approximate surface area is 204 Å². The van der Waals surface area contributed by atoms with Gasteiger partial charge in [0.1, 0.15) is 6.04 Å². The van der Waals surface area contributed by atoms with Gasteiger partial charge in [-0.2, -0.15) is 0 Å². The Kier molecular flexibility index (Phi) is 10.1. The lowest BCUT2D eigenvalue weighted by molar-refractivity contribution is -0.141. The molecule has 2 aromatic rings. The van der Waals surface area contributed by atoms with Crippen LogP contribution in [0.5, 0.6) is 0 Å². The molecule has 0 aliphatic carbocycles. The summed E-state index contributed by atoms with van der Waals surface area (Å²) in [5.74, 6) is -0.347. The van der Waals surface area contributed by atoms with E-state index >= 15 is 0 Å². The van der Waals surface area contributed by atoms with Crippen LogP contribution in [0.15, 0.2) is 48.5 Å². The van der Waals surface area contributed by atoms with Crippen LogP contribution in [-0.4, -0.2) is 50.5 Å². The van der Waals surface area contributed by atoms with E-state index in [-0.39, 0.29) is 24.8 Å². The highest BCUT2D eigenvalue weighted by atomic mass is 32.2. The SMILES string of the molecule is CCNC(=O)[C@@H](CC)N(Cc1cccc(C)c1)C(=O)CCCN(c1ccc(C)cc1)S(C)(=O)=O. The molecule has 0 bridgehead atoms. The van der Waals surface area contributed by atoms with E-state index < -0.39 is 16.1 Å². The maximum absolute atomic E-state index is 13.3. The summed E-state index contributed by atoms with van der Waals surface area (Å²) in [5.41, 5.74) is 3.65. The van der Waals surface area contributed by atoms with Crippen molar-refractivity contribution < 1.29 is 18.0 Å². The molecule has 8 heteroatoms. The Balaban J connectivity index is 2.19. The first kappa shape index (κ1) is 27.4. The van der Waals surface area contributed by atoms with Gasteiger partial charge in [0.2, 0.25) is 21.8 Å². The van der Waals surface area contributed by atoms with Crippen molar-refractivity contribution in [1.82, 2.24) is 10.2 Å². The van der Waals surface area contributed by atoms with Gasteiger partial charge >= 0.3 is 0 Å². The van der Waals surface area contributed by atoms with Crippen LogP contribution in [-0.2, 0) is 26.2 Å². The smallest absolute Gasteiger partial charge is 0.242 e. The zero-order valence-corrected chi connectivity index (χ0v) is 21.7. The van der Waals surface area contributed by atoms with Gasteiger partial charge in [-0.15, -0.1) is 0 Å². The summed E-state index contributed by atoms with van der Waals surface area (Å²) >= 11 is 0. The summed E-state index contributed by atoms with van der Waals surface area (Å²) in [4.78, 5) is 27.7. The molecule has 34 heavy (non-hydrogen) atoms. The summed E-state index contributed by atoms with van der Waals surface area (Å²) < 4.78 is 26.1. The van der Waals surface area contributed by atoms with Crippen molar-refractivity contribution in [2.45, 2.75) is 59.5 Å². The number of anilines is 1. The Morgan fingerprint density at radius 3 is 2.24 bits per heavy atom. The van der Waals surface area contributed by atoms with E-state index in [0.717, 1.165) is 16.7 Å². The molecule has 1 N–H and O–H groups in total. The minimum atomic E-state index is -3.50. The first-order chi connectivity index (χ1) is 16.1. The molecule has 0 heterocycles. The normalized spacial score (nSPS) is 12.1. The Bertz CT molecular complexity index is 1070. The van der Waals surface area contributed by atoms with Gasteiger partial charge in [-0.25, -0.2) is 8.42 Å². The van der Waals surface area contributed by atoms with Crippen molar-refractivity contribution in [3.63, 3.8) is 0 Å². The lowest BCUT2D eigenvalue weighted by Crippen LogP contribution is -2.49. The minimum Gasteiger partial charge on any atom is -0.355 e. The molecule has 2 aromatic carbocycles. The molecule has 186 valence electrons. The van der Waals surface area contributed by atoms with Crippen LogP contribution in [0.4, 0.5) is 5.69 Å². The summed E-state index contributed by atoms with van der Waals surface area (Å²) in [6.07, 6.45) is 2.14. The van der Waals surface area contributed by atoms with Crippen molar-refractivity contribution in [3.05, 3.63) is 65.2 Å². The molecular formula is C26H37N3O4S. The van der Waals surface area contributed by atoms with Crippen LogP contribution >= 0.6 is 0 Å². The molecule has 0 unspecified atom stereocenters. The number of carbonyl (C=O) groups is 2. The highest BCUT2D eigenvalue weighted by Crippen LogP contribution is 2.20. The number of aryl methyl sites for hydroxylation is 2. The zero-order chi connectivity index (χ0) is 25.3. The van der Waals surface area contributed by atoms with Gasteiger partial charge in [0.25, 0.3) is 0 Å². The van der Waals surface area contributed by atoms with E-state index in [1.165, 1.54) is 10.6 Å². The quantitative estimate of drug-likeness (QED) is 0.493. The Morgan fingerprint density at radius 2 is 1.68 bits per heavy atom. The fourth-order valence-electron chi connectivity index (χ4n) is 3.93. The minimum absolute atomic E-state index is 0.138. The summed E-state index contributed by atoms with van der Waals surface area (Å²) in [6.45, 7) is 8.66. The number of amides is 2. The third-order valence-corrected chi connectivity index (χ3v) is 6.84. The highest BCUT2D eigenvalue weighted by Gasteiger charge is 2.28. The molecule has 0 saturated carbocycles. The number of nitrogens with one attached hydrogen (secondary N) is 1. The van der Waals surface area contributed by atoms with Gasteiger partial charge in [0.15, 0.2) is 0 Å². The molecule has 2 amide bonds. The monoisotopic (exact) mass is 487 g/mol. The third-order valence-electron chi connectivity index (χ3n) is 5.65. The highest BCUT2D eigenvalue weighted by molar-refractivity contribution is 7.92. The van der Waals surface area contributed by atoms with Gasteiger partial charge in [-0.05, 0) is 51.3 Å². The zero-order valence-electron chi connectivity index (χ0n) is 20.9. The van der Waals surface area contributed by atoms with E-state index in [2.05, 4.69) is 5.32 Å². The number of benzene rings is 2. The second-order valence-corrected chi connectivity index (χ2v) is 10.5. The number of carbonyl (C=O) groups excluding carboxylic acids is 2. The lowest BCUT2D eigenvalue weighted by Gasteiger charge is -2.31. The molecule has 7 nitrogen and oxygen atoms in total. The molecule has 2 rings (SSSR count). The van der Waals surface area contributed by atoms with E-state index in [0.29, 0.717) is 31.6 Å². The standard InChI is InChI=1S/C26H37N3O4S/c1-6-24(26(31)27-7-2)28(19-22-11-8-10-21(4)18-22)25(30)12-9-17-29(34(5,32)33)23-15-13-20(3)14-16-23/h8,10-11,13-16,18,24H,6-7,9,12,17,19H2,1-5H3,(H,27,31)/t24-/m1/s1. The van der Waals surface area contributed by atoms with E-state index in [1.54, 1.807) is 17.0 Å². The maximum atomic E-state index is 13.3. The van der Waals surface area contributed by atoms with Gasteiger partial charge in [0, 0.05) is 26.1 Å². The molecule has 0 fully saturated rings. The van der Waals surface area contributed by atoms with E-state index in [1.807, 2.05) is 64.1 Å². The first-order valence-corrected chi connectivity index (χ1v) is 13.6. The van der Waals surface area contributed by atoms with Crippen LogP contribution in [0.25, 0.3) is 0 Å². The van der Waals surface area contributed by atoms with Gasteiger partial charge in [0.05, 0.1) is 11.9 Å². The van der Waals surface area contributed by atoms with Crippen molar-refractivity contribution in [2.24, 2.45) is 0 Å². The van der Waals surface area contributed by atoms with Crippen LogP contribution in [0.3, 0.4) is 0 Å². The maximum Gasteiger partial charge on any atom is 0.242 e. The van der Waals surface area contributed by atoms with Crippen molar-refractivity contribution in [2.75, 3.05) is 23.7 Å². The molecule has 0 aromatic heterocycles. The second kappa shape index (κ2) is 12.6. The molecule has 0 spiro atoms. The number of sulfonamides is 1. The van der Waals surface area contributed by atoms with Gasteiger partial charge in [-0.3, -0.25) is 13.9 Å². The van der Waals surface area contributed by atoms with Crippen LogP contribution in [0.1, 0.15) is 49.8 Å². The number of hydrogen-bond donors (Lipinski definition) is 1. The van der Waals surface area contributed by atoms with Crippen molar-refractivity contribution in [1.29, 1.82) is 0 Å². The van der Waals surface area contributed by atoms with Crippen molar-refractivity contribution in [3.8, 4) is 0 Å². The predicted molar refractivity (Wildman–Crippen MR) is 137 cm³/mol. The summed E-state index contributed by atoms with van der Waals surface area (Å²) in [7, 11) is -3.50. The van der Waals surface area contributed by atoms with Gasteiger partial charge < -0.3 is 10.2 Å². The lowest BCUT2D eigenvalue weighted by atomic mass is 10.1. The van der Waals surface area contributed by atoms with Crippen LogP contribution < -0.4 is 9.62 Å². The summed E-state index contributed by atoms with van der Waals surface area (Å²) in [5, 5.41) is 2.83. The van der Waals surface area contributed by atoms with Crippen molar-refractivity contribution >= 4 is 27.5 Å². The second-order valence-electron chi connectivity index (χ2n) is 8.60. The first-order valence-electron chi connectivity index (χ1n) is 11.7. The molecule has 0 aliphatic heterocycles. The predicted octanol–water partition coefficient (Wildman–Crippen LogP) is 3.79. The molecule has 0 saturated heterocycles. The number of likely N-dealkylation sites (N-methyl/N-ethyl adjacent to an activating group) is 1. The fraction of sp³-hybridized carbons (Fsp3) is 0.462.